The number of para-hydroxylation sites is 1. The number of imidazole rings is 1. The molecule has 7 heteroatoms. The number of ether oxygens (including phenoxy) is 1. The van der Waals surface area contributed by atoms with Gasteiger partial charge in [-0.1, -0.05) is 12.1 Å². The summed E-state index contributed by atoms with van der Waals surface area (Å²) < 4.78 is 43.2. The molecule has 1 aromatic heterocycles. The summed E-state index contributed by atoms with van der Waals surface area (Å²) in [5.74, 6) is 1.21. The normalized spacial score (nSPS) is 15.2. The number of aromatic nitrogens is 2. The van der Waals surface area contributed by atoms with E-state index >= 15 is 0 Å². The molecule has 1 aliphatic rings. The highest BCUT2D eigenvalue weighted by molar-refractivity contribution is 5.76. The topological polar surface area (TPSA) is 53.1 Å². The first-order valence-electron chi connectivity index (χ1n) is 6.54. The Bertz CT molecular complexity index is 675. The van der Waals surface area contributed by atoms with Crippen LogP contribution in [0.5, 0.6) is 5.75 Å². The predicted molar refractivity (Wildman–Crippen MR) is 71.7 cm³/mol. The quantitative estimate of drug-likeness (QED) is 0.944. The van der Waals surface area contributed by atoms with Crippen molar-refractivity contribution < 1.29 is 17.9 Å². The maximum Gasteiger partial charge on any atom is 0.573 e. The summed E-state index contributed by atoms with van der Waals surface area (Å²) in [5.41, 5.74) is 6.58. The predicted octanol–water partition coefficient (Wildman–Crippen LogP) is 3.45. The van der Waals surface area contributed by atoms with Gasteiger partial charge in [0, 0.05) is 18.5 Å². The molecule has 2 N–H and O–H groups in total. The number of hydrogen-bond acceptors (Lipinski definition) is 3. The van der Waals surface area contributed by atoms with E-state index in [4.69, 9.17) is 5.73 Å². The first-order chi connectivity index (χ1) is 9.87. The van der Waals surface area contributed by atoms with Gasteiger partial charge in [0.25, 0.3) is 0 Å². The van der Waals surface area contributed by atoms with Gasteiger partial charge >= 0.3 is 6.36 Å². The fourth-order valence-corrected chi connectivity index (χ4v) is 2.31. The average molecular weight is 297 g/mol. The Balaban J connectivity index is 2.06. The van der Waals surface area contributed by atoms with E-state index in [9.17, 15) is 13.2 Å². The number of alkyl halides is 3. The molecule has 0 bridgehead atoms. The van der Waals surface area contributed by atoms with Crippen LogP contribution in [0, 0.1) is 0 Å². The minimum Gasteiger partial charge on any atom is -0.405 e. The summed E-state index contributed by atoms with van der Waals surface area (Å²) in [6, 6.07) is 5.89. The average Bonchev–Trinajstić information content (AvgIpc) is 3.18. The van der Waals surface area contributed by atoms with Crippen LogP contribution in [-0.2, 0) is 7.05 Å². The van der Waals surface area contributed by atoms with Crippen molar-refractivity contribution in [2.45, 2.75) is 25.1 Å². The van der Waals surface area contributed by atoms with Gasteiger partial charge in [0.2, 0.25) is 0 Å². The molecule has 0 unspecified atom stereocenters. The van der Waals surface area contributed by atoms with E-state index in [-0.39, 0.29) is 11.3 Å². The summed E-state index contributed by atoms with van der Waals surface area (Å²) in [6.45, 7) is 0. The zero-order chi connectivity index (χ0) is 15.2. The summed E-state index contributed by atoms with van der Waals surface area (Å²) in [7, 11) is 1.77. The molecular weight excluding hydrogens is 283 g/mol. The maximum atomic E-state index is 12.5. The number of nitrogen functional groups attached to an aromatic ring is 1. The molecule has 0 spiro atoms. The second kappa shape index (κ2) is 4.68. The van der Waals surface area contributed by atoms with Gasteiger partial charge in [-0.2, -0.15) is 0 Å². The molecule has 2 aromatic rings. The molecule has 0 aliphatic heterocycles. The third-order valence-corrected chi connectivity index (χ3v) is 3.48. The van der Waals surface area contributed by atoms with Gasteiger partial charge in [-0.15, -0.1) is 13.2 Å². The molecule has 1 saturated carbocycles. The van der Waals surface area contributed by atoms with Gasteiger partial charge in [-0.25, -0.2) is 4.98 Å². The van der Waals surface area contributed by atoms with Gasteiger partial charge in [0.1, 0.15) is 23.1 Å². The van der Waals surface area contributed by atoms with Crippen LogP contribution in [-0.4, -0.2) is 15.9 Å². The molecular formula is C14H14F3N3O. The number of nitrogens with zero attached hydrogens (tertiary/aromatic N) is 2. The summed E-state index contributed by atoms with van der Waals surface area (Å²) >= 11 is 0. The SMILES string of the molecule is Cn1c(C2CC2)nc(-c2ccccc2OC(F)(F)F)c1N. The van der Waals surface area contributed by atoms with E-state index in [1.54, 1.807) is 17.7 Å². The van der Waals surface area contributed by atoms with Crippen LogP contribution in [0.4, 0.5) is 19.0 Å². The number of halogens is 3. The monoisotopic (exact) mass is 297 g/mol. The summed E-state index contributed by atoms with van der Waals surface area (Å²) in [5, 5.41) is 0. The standard InChI is InChI=1S/C14H14F3N3O/c1-20-12(18)11(19-13(20)8-6-7-8)9-4-2-3-5-10(9)21-14(15,16)17/h2-5,8H,6-7,18H2,1H3. The van der Waals surface area contributed by atoms with E-state index in [2.05, 4.69) is 9.72 Å². The Labute approximate surface area is 119 Å². The fourth-order valence-electron chi connectivity index (χ4n) is 2.31. The van der Waals surface area contributed by atoms with E-state index in [1.165, 1.54) is 18.2 Å². The number of rotatable bonds is 3. The molecule has 0 amide bonds. The van der Waals surface area contributed by atoms with Crippen molar-refractivity contribution in [3.05, 3.63) is 30.1 Å². The van der Waals surface area contributed by atoms with Gasteiger partial charge in [-0.3, -0.25) is 0 Å². The molecule has 3 rings (SSSR count). The lowest BCUT2D eigenvalue weighted by Gasteiger charge is -2.12. The van der Waals surface area contributed by atoms with Crippen LogP contribution >= 0.6 is 0 Å². The van der Waals surface area contributed by atoms with Gasteiger partial charge in [0.15, 0.2) is 0 Å². The second-order valence-electron chi connectivity index (χ2n) is 5.08. The summed E-state index contributed by atoms with van der Waals surface area (Å²) in [6.07, 6.45) is -2.69. The van der Waals surface area contributed by atoms with Gasteiger partial charge < -0.3 is 15.0 Å². The minimum absolute atomic E-state index is 0.245. The highest BCUT2D eigenvalue weighted by Gasteiger charge is 2.34. The third kappa shape index (κ3) is 2.68. The highest BCUT2D eigenvalue weighted by atomic mass is 19.4. The highest BCUT2D eigenvalue weighted by Crippen LogP contribution is 2.43. The Kier molecular flexibility index (Phi) is 3.07. The lowest BCUT2D eigenvalue weighted by molar-refractivity contribution is -0.274. The van der Waals surface area contributed by atoms with Crippen LogP contribution in [0.15, 0.2) is 24.3 Å². The fraction of sp³-hybridized carbons (Fsp3) is 0.357. The Hall–Kier alpha value is -2.18. The van der Waals surface area contributed by atoms with Crippen molar-refractivity contribution >= 4 is 5.82 Å². The molecule has 4 nitrogen and oxygen atoms in total. The number of nitrogens with two attached hydrogens (primary N) is 1. The third-order valence-electron chi connectivity index (χ3n) is 3.48. The molecule has 1 heterocycles. The first-order valence-corrected chi connectivity index (χ1v) is 6.54. The van der Waals surface area contributed by atoms with Gasteiger partial charge in [-0.05, 0) is 25.0 Å². The van der Waals surface area contributed by atoms with Crippen LogP contribution in [0.25, 0.3) is 11.3 Å². The maximum absolute atomic E-state index is 12.5. The van der Waals surface area contributed by atoms with Crippen molar-refractivity contribution in [1.82, 2.24) is 9.55 Å². The zero-order valence-electron chi connectivity index (χ0n) is 11.3. The second-order valence-corrected chi connectivity index (χ2v) is 5.08. The Morgan fingerprint density at radius 2 is 1.95 bits per heavy atom. The molecule has 0 radical (unpaired) electrons. The van der Waals surface area contributed by atoms with E-state index < -0.39 is 6.36 Å². The van der Waals surface area contributed by atoms with Crippen LogP contribution in [0.1, 0.15) is 24.6 Å². The minimum atomic E-state index is -4.75. The molecule has 1 aliphatic carbocycles. The molecule has 0 saturated heterocycles. The summed E-state index contributed by atoms with van der Waals surface area (Å²) in [4.78, 5) is 4.42. The largest absolute Gasteiger partial charge is 0.573 e. The van der Waals surface area contributed by atoms with Crippen LogP contribution in [0.2, 0.25) is 0 Å². The van der Waals surface area contributed by atoms with Crippen molar-refractivity contribution in [3.63, 3.8) is 0 Å². The van der Waals surface area contributed by atoms with E-state index in [0.717, 1.165) is 18.7 Å². The molecule has 112 valence electrons. The molecule has 21 heavy (non-hydrogen) atoms. The zero-order valence-corrected chi connectivity index (χ0v) is 11.3. The molecule has 1 aromatic carbocycles. The van der Waals surface area contributed by atoms with E-state index in [1.807, 2.05) is 0 Å². The number of anilines is 1. The molecule has 1 fully saturated rings. The number of benzene rings is 1. The van der Waals surface area contributed by atoms with Crippen molar-refractivity contribution in [2.24, 2.45) is 7.05 Å². The lowest BCUT2D eigenvalue weighted by Crippen LogP contribution is -2.17. The first kappa shape index (κ1) is 13.8. The van der Waals surface area contributed by atoms with E-state index in [0.29, 0.717) is 17.4 Å². The van der Waals surface area contributed by atoms with Crippen molar-refractivity contribution in [3.8, 4) is 17.0 Å². The van der Waals surface area contributed by atoms with Crippen LogP contribution in [0.3, 0.4) is 0 Å². The number of hydrogen-bond donors (Lipinski definition) is 1. The van der Waals surface area contributed by atoms with Crippen LogP contribution < -0.4 is 10.5 Å². The Morgan fingerprint density at radius 3 is 2.57 bits per heavy atom. The van der Waals surface area contributed by atoms with Gasteiger partial charge in [0.05, 0.1) is 0 Å². The smallest absolute Gasteiger partial charge is 0.405 e. The van der Waals surface area contributed by atoms with Crippen molar-refractivity contribution in [2.75, 3.05) is 5.73 Å². The van der Waals surface area contributed by atoms with Crippen molar-refractivity contribution in [1.29, 1.82) is 0 Å². The Morgan fingerprint density at radius 1 is 1.29 bits per heavy atom. The molecule has 0 atom stereocenters. The lowest BCUT2D eigenvalue weighted by atomic mass is 10.1.